The summed E-state index contributed by atoms with van der Waals surface area (Å²) in [6.45, 7) is 0. The molecular weight excluding hydrogens is 202 g/mol. The minimum Gasteiger partial charge on any atom is -0.505 e. The standard InChI is InChI=1S/C9H7NO3S/c1-13-9(12)7-8(11)5-2-3-14-6(5)4-10-7/h2-4,11H,1H3. The molecule has 0 aliphatic rings. The summed E-state index contributed by atoms with van der Waals surface area (Å²) in [5.41, 5.74) is -0.0431. The van der Waals surface area contributed by atoms with E-state index < -0.39 is 5.97 Å². The van der Waals surface area contributed by atoms with Gasteiger partial charge >= 0.3 is 5.97 Å². The van der Waals surface area contributed by atoms with Gasteiger partial charge in [-0.1, -0.05) is 0 Å². The second kappa shape index (κ2) is 3.26. The molecule has 0 aromatic carbocycles. The molecule has 0 amide bonds. The van der Waals surface area contributed by atoms with Crippen molar-refractivity contribution in [3.8, 4) is 5.75 Å². The number of carbonyl (C=O) groups excluding carboxylic acids is 1. The van der Waals surface area contributed by atoms with Crippen LogP contribution in [-0.2, 0) is 4.74 Å². The van der Waals surface area contributed by atoms with Crippen molar-refractivity contribution in [3.63, 3.8) is 0 Å². The number of thiophene rings is 1. The molecule has 1 N–H and O–H groups in total. The summed E-state index contributed by atoms with van der Waals surface area (Å²) in [7, 11) is 1.25. The van der Waals surface area contributed by atoms with Gasteiger partial charge in [0.2, 0.25) is 0 Å². The second-order valence-electron chi connectivity index (χ2n) is 2.65. The summed E-state index contributed by atoms with van der Waals surface area (Å²) in [4.78, 5) is 15.0. The third-order valence-electron chi connectivity index (χ3n) is 1.86. The van der Waals surface area contributed by atoms with Gasteiger partial charge in [0.1, 0.15) is 0 Å². The molecule has 14 heavy (non-hydrogen) atoms. The molecule has 2 aromatic rings. The molecule has 72 valence electrons. The molecule has 2 heterocycles. The number of esters is 1. The van der Waals surface area contributed by atoms with E-state index in [0.717, 1.165) is 4.70 Å². The molecule has 0 bridgehead atoms. The summed E-state index contributed by atoms with van der Waals surface area (Å²) >= 11 is 1.45. The molecule has 5 heteroatoms. The number of rotatable bonds is 1. The minimum atomic E-state index is -0.629. The van der Waals surface area contributed by atoms with Gasteiger partial charge in [-0.3, -0.25) is 0 Å². The fourth-order valence-electron chi connectivity index (χ4n) is 1.17. The first-order valence-corrected chi connectivity index (χ1v) is 4.75. The molecule has 0 saturated carbocycles. The van der Waals surface area contributed by atoms with Crippen molar-refractivity contribution in [2.75, 3.05) is 7.11 Å². The first kappa shape index (κ1) is 8.96. The van der Waals surface area contributed by atoms with Crippen LogP contribution < -0.4 is 0 Å². The Kier molecular flexibility index (Phi) is 2.09. The van der Waals surface area contributed by atoms with Gasteiger partial charge in [0.25, 0.3) is 0 Å². The Morgan fingerprint density at radius 1 is 1.64 bits per heavy atom. The Balaban J connectivity index is 2.67. The molecule has 0 radical (unpaired) electrons. The fourth-order valence-corrected chi connectivity index (χ4v) is 1.93. The van der Waals surface area contributed by atoms with E-state index in [9.17, 15) is 9.90 Å². The van der Waals surface area contributed by atoms with Crippen LogP contribution in [0.4, 0.5) is 0 Å². The third-order valence-corrected chi connectivity index (χ3v) is 2.72. The Hall–Kier alpha value is -1.62. The summed E-state index contributed by atoms with van der Waals surface area (Å²) in [5, 5.41) is 12.1. The van der Waals surface area contributed by atoms with Crippen molar-refractivity contribution in [3.05, 3.63) is 23.3 Å². The Labute approximate surface area is 83.8 Å². The smallest absolute Gasteiger partial charge is 0.360 e. The average molecular weight is 209 g/mol. The SMILES string of the molecule is COC(=O)c1ncc2sccc2c1O. The Bertz CT molecular complexity index is 492. The number of aromatic hydroxyl groups is 1. The highest BCUT2D eigenvalue weighted by Crippen LogP contribution is 2.30. The maximum atomic E-state index is 11.2. The summed E-state index contributed by atoms with van der Waals surface area (Å²) in [6.07, 6.45) is 1.55. The number of hydrogen-bond acceptors (Lipinski definition) is 5. The van der Waals surface area contributed by atoms with Gasteiger partial charge < -0.3 is 9.84 Å². The fraction of sp³-hybridized carbons (Fsp3) is 0.111. The summed E-state index contributed by atoms with van der Waals surface area (Å²) in [6, 6.07) is 1.74. The van der Waals surface area contributed by atoms with Crippen molar-refractivity contribution in [1.29, 1.82) is 0 Å². The maximum Gasteiger partial charge on any atom is 0.360 e. The molecule has 4 nitrogen and oxygen atoms in total. The van der Waals surface area contributed by atoms with Crippen LogP contribution in [0.5, 0.6) is 5.75 Å². The number of nitrogens with zero attached hydrogens (tertiary/aromatic N) is 1. The molecular formula is C9H7NO3S. The van der Waals surface area contributed by atoms with Gasteiger partial charge in [0.05, 0.1) is 11.8 Å². The van der Waals surface area contributed by atoms with Gasteiger partial charge in [0, 0.05) is 11.6 Å². The zero-order valence-electron chi connectivity index (χ0n) is 7.35. The van der Waals surface area contributed by atoms with Gasteiger partial charge in [0.15, 0.2) is 11.4 Å². The predicted molar refractivity (Wildman–Crippen MR) is 52.6 cm³/mol. The zero-order chi connectivity index (χ0) is 10.1. The van der Waals surface area contributed by atoms with Crippen molar-refractivity contribution in [1.82, 2.24) is 4.98 Å². The lowest BCUT2D eigenvalue weighted by molar-refractivity contribution is 0.0591. The van der Waals surface area contributed by atoms with Crippen LogP contribution in [0.3, 0.4) is 0 Å². The van der Waals surface area contributed by atoms with E-state index in [1.807, 2.05) is 5.38 Å². The quantitative estimate of drug-likeness (QED) is 0.727. The molecule has 0 unspecified atom stereocenters. The van der Waals surface area contributed by atoms with E-state index in [1.54, 1.807) is 12.3 Å². The predicted octanol–water partition coefficient (Wildman–Crippen LogP) is 1.79. The van der Waals surface area contributed by atoms with Crippen molar-refractivity contribution in [2.24, 2.45) is 0 Å². The van der Waals surface area contributed by atoms with Crippen LogP contribution in [0.2, 0.25) is 0 Å². The molecule has 2 aromatic heterocycles. The highest BCUT2D eigenvalue weighted by Gasteiger charge is 2.16. The van der Waals surface area contributed by atoms with Crippen LogP contribution in [0.15, 0.2) is 17.6 Å². The highest BCUT2D eigenvalue weighted by atomic mass is 32.1. The summed E-state index contributed by atoms with van der Waals surface area (Å²) < 4.78 is 5.33. The lowest BCUT2D eigenvalue weighted by Gasteiger charge is -2.01. The largest absolute Gasteiger partial charge is 0.505 e. The molecule has 0 atom stereocenters. The molecule has 0 aliphatic heterocycles. The zero-order valence-corrected chi connectivity index (χ0v) is 8.17. The van der Waals surface area contributed by atoms with Crippen LogP contribution >= 0.6 is 11.3 Å². The van der Waals surface area contributed by atoms with Gasteiger partial charge in [-0.25, -0.2) is 9.78 Å². The topological polar surface area (TPSA) is 59.4 Å². The normalized spacial score (nSPS) is 10.4. The average Bonchev–Trinajstić information content (AvgIpc) is 2.66. The second-order valence-corrected chi connectivity index (χ2v) is 3.59. The Morgan fingerprint density at radius 2 is 2.43 bits per heavy atom. The van der Waals surface area contributed by atoms with E-state index in [2.05, 4.69) is 9.72 Å². The van der Waals surface area contributed by atoms with Crippen molar-refractivity contribution in [2.45, 2.75) is 0 Å². The van der Waals surface area contributed by atoms with Crippen LogP contribution in [0.25, 0.3) is 10.1 Å². The molecule has 0 aliphatic carbocycles. The lowest BCUT2D eigenvalue weighted by Crippen LogP contribution is -2.04. The number of pyridine rings is 1. The van der Waals surface area contributed by atoms with Crippen LogP contribution in [0.1, 0.15) is 10.5 Å². The van der Waals surface area contributed by atoms with Gasteiger partial charge in [-0.2, -0.15) is 0 Å². The van der Waals surface area contributed by atoms with E-state index in [-0.39, 0.29) is 11.4 Å². The first-order chi connectivity index (χ1) is 6.74. The van der Waals surface area contributed by atoms with Crippen LogP contribution in [-0.4, -0.2) is 23.2 Å². The van der Waals surface area contributed by atoms with E-state index in [0.29, 0.717) is 5.39 Å². The van der Waals surface area contributed by atoms with E-state index in [1.165, 1.54) is 18.4 Å². The molecule has 0 saturated heterocycles. The van der Waals surface area contributed by atoms with Crippen molar-refractivity contribution < 1.29 is 14.6 Å². The monoisotopic (exact) mass is 209 g/mol. The minimum absolute atomic E-state index is 0.0431. The number of carbonyl (C=O) groups is 1. The van der Waals surface area contributed by atoms with E-state index >= 15 is 0 Å². The molecule has 0 spiro atoms. The Morgan fingerprint density at radius 3 is 3.14 bits per heavy atom. The highest BCUT2D eigenvalue weighted by molar-refractivity contribution is 7.17. The summed E-state index contributed by atoms with van der Waals surface area (Å²) in [5.74, 6) is -0.744. The van der Waals surface area contributed by atoms with Crippen LogP contribution in [0, 0.1) is 0 Å². The molecule has 2 rings (SSSR count). The number of fused-ring (bicyclic) bond motifs is 1. The molecule has 0 fully saturated rings. The first-order valence-electron chi connectivity index (χ1n) is 3.87. The lowest BCUT2D eigenvalue weighted by atomic mass is 10.2. The van der Waals surface area contributed by atoms with Gasteiger partial charge in [-0.15, -0.1) is 11.3 Å². The maximum absolute atomic E-state index is 11.2. The van der Waals surface area contributed by atoms with Gasteiger partial charge in [-0.05, 0) is 11.4 Å². The van der Waals surface area contributed by atoms with E-state index in [4.69, 9.17) is 0 Å². The third kappa shape index (κ3) is 1.22. The number of hydrogen-bond donors (Lipinski definition) is 1. The van der Waals surface area contributed by atoms with Crippen molar-refractivity contribution >= 4 is 27.4 Å². The number of methoxy groups -OCH3 is 1. The number of ether oxygens (including phenoxy) is 1. The number of aromatic nitrogens is 1.